The van der Waals surface area contributed by atoms with Crippen LogP contribution >= 0.6 is 11.3 Å². The van der Waals surface area contributed by atoms with E-state index in [-0.39, 0.29) is 18.1 Å². The molecule has 0 amide bonds. The highest BCUT2D eigenvalue weighted by atomic mass is 32.1. The molecule has 1 aliphatic rings. The van der Waals surface area contributed by atoms with Crippen molar-refractivity contribution in [1.82, 2.24) is 9.55 Å². The Morgan fingerprint density at radius 3 is 2.63 bits per heavy atom. The van der Waals surface area contributed by atoms with Gasteiger partial charge in [0, 0.05) is 34.6 Å². The lowest BCUT2D eigenvalue weighted by molar-refractivity contribution is -0.119. The van der Waals surface area contributed by atoms with Crippen molar-refractivity contribution >= 4 is 29.3 Å². The summed E-state index contributed by atoms with van der Waals surface area (Å²) in [5.41, 5.74) is 3.29. The van der Waals surface area contributed by atoms with Crippen molar-refractivity contribution in [3.8, 4) is 17.2 Å². The van der Waals surface area contributed by atoms with Gasteiger partial charge in [-0.2, -0.15) is 0 Å². The Morgan fingerprint density at radius 1 is 1.17 bits per heavy atom. The predicted octanol–water partition coefficient (Wildman–Crippen LogP) is 2.80. The molecule has 0 aliphatic carbocycles. The van der Waals surface area contributed by atoms with E-state index in [1.54, 1.807) is 0 Å². The first-order valence-corrected chi connectivity index (χ1v) is 10.5. The van der Waals surface area contributed by atoms with Gasteiger partial charge in [0.25, 0.3) is 5.56 Å². The Hall–Kier alpha value is -3.06. The van der Waals surface area contributed by atoms with Gasteiger partial charge in [-0.05, 0) is 43.7 Å². The summed E-state index contributed by atoms with van der Waals surface area (Å²) in [5.74, 6) is 1.45. The van der Waals surface area contributed by atoms with Crippen LogP contribution in [-0.2, 0) is 4.79 Å². The number of H-pyrrole nitrogens is 1. The molecule has 0 saturated carbocycles. The molecule has 2 aromatic heterocycles. The molecule has 0 radical (unpaired) electrons. The molecule has 6 nitrogen and oxygen atoms in total. The molecule has 156 valence electrons. The second kappa shape index (κ2) is 7.32. The lowest BCUT2D eigenvalue weighted by Crippen LogP contribution is -2.22. The van der Waals surface area contributed by atoms with Crippen molar-refractivity contribution in [2.45, 2.75) is 34.6 Å². The minimum absolute atomic E-state index is 0.0208. The Balaban J connectivity index is 1.76. The number of benzene rings is 1. The van der Waals surface area contributed by atoms with E-state index in [9.17, 15) is 9.59 Å². The monoisotopic (exact) mass is 424 g/mol. The van der Waals surface area contributed by atoms with Gasteiger partial charge in [-0.25, -0.2) is 0 Å². The molecule has 0 bridgehead atoms. The van der Waals surface area contributed by atoms with Gasteiger partial charge in [0.1, 0.15) is 0 Å². The normalized spacial score (nSPS) is 14.6. The van der Waals surface area contributed by atoms with E-state index in [1.807, 2.05) is 65.0 Å². The number of fused-ring (bicyclic) bond motifs is 1. The quantitative estimate of drug-likeness (QED) is 0.702. The van der Waals surface area contributed by atoms with E-state index in [0.29, 0.717) is 9.20 Å². The van der Waals surface area contributed by atoms with Gasteiger partial charge in [0.2, 0.25) is 6.79 Å². The van der Waals surface area contributed by atoms with Gasteiger partial charge in [0.05, 0.1) is 9.20 Å². The summed E-state index contributed by atoms with van der Waals surface area (Å²) in [7, 11) is 0. The van der Waals surface area contributed by atoms with E-state index >= 15 is 0 Å². The number of carbonyl (C=O) groups is 1. The summed E-state index contributed by atoms with van der Waals surface area (Å²) in [5, 5.41) is 0. The molecule has 30 heavy (non-hydrogen) atoms. The third-order valence-corrected chi connectivity index (χ3v) is 6.02. The minimum Gasteiger partial charge on any atom is -0.454 e. The van der Waals surface area contributed by atoms with E-state index in [4.69, 9.17) is 9.47 Å². The molecule has 0 fully saturated rings. The number of aryl methyl sites for hydroxylation is 1. The smallest absolute Gasteiger partial charge is 0.266 e. The third kappa shape index (κ3) is 3.73. The molecular weight excluding hydrogens is 400 g/mol. The maximum absolute atomic E-state index is 12.4. The standard InChI is InChI=1S/C23H24N2O4S/c1-13-8-15(9-19-22(27)24-21(30-19)11-20(26)23(3,4)5)14(2)25(13)16-6-7-17-18(10-16)29-12-28-17/h6-11H,12H2,1-5H3,(H,24,27)/b19-9-,21-11+. The zero-order valence-corrected chi connectivity index (χ0v) is 18.5. The molecule has 7 heteroatoms. The van der Waals surface area contributed by atoms with Crippen LogP contribution in [0.1, 0.15) is 37.7 Å². The van der Waals surface area contributed by atoms with Crippen LogP contribution in [0.4, 0.5) is 0 Å². The molecule has 4 rings (SSSR count). The van der Waals surface area contributed by atoms with Crippen LogP contribution in [0.2, 0.25) is 0 Å². The van der Waals surface area contributed by atoms with Crippen molar-refractivity contribution in [1.29, 1.82) is 0 Å². The molecule has 0 saturated heterocycles. The molecule has 1 aliphatic heterocycles. The largest absolute Gasteiger partial charge is 0.454 e. The number of hydrogen-bond acceptors (Lipinski definition) is 5. The van der Waals surface area contributed by atoms with Crippen molar-refractivity contribution in [2.75, 3.05) is 6.79 Å². The Bertz CT molecular complexity index is 1320. The highest BCUT2D eigenvalue weighted by molar-refractivity contribution is 7.07. The average Bonchev–Trinajstić information content (AvgIpc) is 3.33. The number of nitrogens with zero attached hydrogens (tertiary/aromatic N) is 1. The fraction of sp³-hybridized carbons (Fsp3) is 0.304. The average molecular weight is 425 g/mol. The van der Waals surface area contributed by atoms with E-state index in [0.717, 1.165) is 34.1 Å². The van der Waals surface area contributed by atoms with Gasteiger partial charge >= 0.3 is 0 Å². The molecule has 0 spiro atoms. The number of aromatic nitrogens is 2. The third-order valence-electron chi connectivity index (χ3n) is 5.05. The summed E-state index contributed by atoms with van der Waals surface area (Å²) in [6, 6.07) is 7.89. The van der Waals surface area contributed by atoms with Gasteiger partial charge < -0.3 is 19.0 Å². The number of thiazole rings is 1. The number of carbonyl (C=O) groups excluding carboxylic acids is 1. The number of Topliss-reactive ketones (excluding diaryl/α,β-unsaturated/α-hetero) is 1. The summed E-state index contributed by atoms with van der Waals surface area (Å²) in [4.78, 5) is 27.5. The number of rotatable bonds is 3. The Morgan fingerprint density at radius 2 is 1.90 bits per heavy atom. The fourth-order valence-electron chi connectivity index (χ4n) is 3.36. The van der Waals surface area contributed by atoms with Crippen LogP contribution in [0.25, 0.3) is 17.8 Å². The Labute approximate surface area is 178 Å². The molecule has 0 unspecified atom stereocenters. The van der Waals surface area contributed by atoms with Crippen LogP contribution in [0.5, 0.6) is 11.5 Å². The molecule has 3 aromatic rings. The summed E-state index contributed by atoms with van der Waals surface area (Å²) in [6.45, 7) is 9.84. The van der Waals surface area contributed by atoms with Crippen molar-refractivity contribution in [2.24, 2.45) is 5.41 Å². The van der Waals surface area contributed by atoms with Crippen molar-refractivity contribution in [3.63, 3.8) is 0 Å². The number of nitrogens with one attached hydrogen (secondary N) is 1. The van der Waals surface area contributed by atoms with Gasteiger partial charge in [-0.1, -0.05) is 20.8 Å². The van der Waals surface area contributed by atoms with E-state index < -0.39 is 5.41 Å². The molecule has 3 heterocycles. The maximum atomic E-state index is 12.4. The molecule has 1 aromatic carbocycles. The van der Waals surface area contributed by atoms with Crippen molar-refractivity contribution in [3.05, 3.63) is 60.8 Å². The van der Waals surface area contributed by atoms with Crippen LogP contribution in [0.3, 0.4) is 0 Å². The van der Waals surface area contributed by atoms with Crippen LogP contribution < -0.4 is 24.2 Å². The zero-order valence-electron chi connectivity index (χ0n) is 17.7. The second-order valence-corrected chi connectivity index (χ2v) is 9.47. The van der Waals surface area contributed by atoms with E-state index in [2.05, 4.69) is 9.55 Å². The summed E-state index contributed by atoms with van der Waals surface area (Å²) >= 11 is 1.29. The van der Waals surface area contributed by atoms with Crippen LogP contribution in [-0.4, -0.2) is 22.1 Å². The summed E-state index contributed by atoms with van der Waals surface area (Å²) in [6.07, 6.45) is 3.38. The number of hydrogen-bond donors (Lipinski definition) is 1. The second-order valence-electron chi connectivity index (χ2n) is 8.39. The number of ketones is 1. The van der Waals surface area contributed by atoms with Gasteiger partial charge in [-0.3, -0.25) is 9.59 Å². The molecule has 0 atom stereocenters. The predicted molar refractivity (Wildman–Crippen MR) is 118 cm³/mol. The van der Waals surface area contributed by atoms with Gasteiger partial charge in [-0.15, -0.1) is 11.3 Å². The lowest BCUT2D eigenvalue weighted by atomic mass is 9.91. The highest BCUT2D eigenvalue weighted by Crippen LogP contribution is 2.34. The minimum atomic E-state index is -0.486. The summed E-state index contributed by atoms with van der Waals surface area (Å²) < 4.78 is 14.1. The SMILES string of the molecule is Cc1cc(/C=c2\s/c(=C/C(=O)C(C)(C)C)[nH]c2=O)c(C)n1-c1ccc2c(c1)OCO2. The first-order chi connectivity index (χ1) is 14.1. The molecular formula is C23H24N2O4S. The van der Waals surface area contributed by atoms with Crippen molar-refractivity contribution < 1.29 is 14.3 Å². The van der Waals surface area contributed by atoms with E-state index in [1.165, 1.54) is 17.4 Å². The maximum Gasteiger partial charge on any atom is 0.266 e. The highest BCUT2D eigenvalue weighted by Gasteiger charge is 2.19. The number of ether oxygens (including phenoxy) is 2. The zero-order chi connectivity index (χ0) is 21.6. The first-order valence-electron chi connectivity index (χ1n) is 9.69. The topological polar surface area (TPSA) is 73.3 Å². The first kappa shape index (κ1) is 20.2. The van der Waals surface area contributed by atoms with Crippen LogP contribution in [0.15, 0.2) is 29.1 Å². The number of aromatic amines is 1. The Kier molecular flexibility index (Phi) is 4.94. The fourth-order valence-corrected chi connectivity index (χ4v) is 4.23. The molecule has 1 N–H and O–H groups in total. The lowest BCUT2D eigenvalue weighted by Gasteiger charge is -2.12. The van der Waals surface area contributed by atoms with Gasteiger partial charge in [0.15, 0.2) is 17.3 Å². The van der Waals surface area contributed by atoms with Crippen LogP contribution in [0, 0.1) is 19.3 Å².